The molecule has 0 saturated carbocycles. The van der Waals surface area contributed by atoms with Gasteiger partial charge in [0.25, 0.3) is 0 Å². The molecule has 0 saturated heterocycles. The van der Waals surface area contributed by atoms with Crippen LogP contribution >= 0.6 is 35.0 Å². The molecular formula is C21H17Cl2N5O2S. The molecule has 0 bridgehead atoms. The minimum Gasteiger partial charge on any atom is -0.496 e. The molecule has 0 aliphatic carbocycles. The third kappa shape index (κ3) is 4.71. The SMILES string of the molecule is COc1ccccc1-c1nnc(SCC(=O)Nc2ccc(Cl)c(Cl)c2)n1-n1cccc1. The maximum atomic E-state index is 12.5. The van der Waals surface area contributed by atoms with E-state index in [0.29, 0.717) is 32.5 Å². The molecule has 4 aromatic rings. The predicted octanol–water partition coefficient (Wildman–Crippen LogP) is 5.10. The summed E-state index contributed by atoms with van der Waals surface area (Å²) in [6.07, 6.45) is 3.75. The van der Waals surface area contributed by atoms with Crippen LogP contribution in [0.15, 0.2) is 72.1 Å². The van der Waals surface area contributed by atoms with Crippen molar-refractivity contribution >= 4 is 46.6 Å². The Balaban J connectivity index is 1.58. The van der Waals surface area contributed by atoms with Crippen LogP contribution in [0.3, 0.4) is 0 Å². The third-order valence-electron chi connectivity index (χ3n) is 4.32. The molecule has 0 spiro atoms. The van der Waals surface area contributed by atoms with E-state index in [4.69, 9.17) is 27.9 Å². The van der Waals surface area contributed by atoms with Crippen molar-refractivity contribution in [2.45, 2.75) is 5.16 Å². The van der Waals surface area contributed by atoms with Gasteiger partial charge in [0.1, 0.15) is 5.75 Å². The van der Waals surface area contributed by atoms with E-state index in [1.54, 1.807) is 25.3 Å². The first-order valence-electron chi connectivity index (χ1n) is 9.17. The number of hydrogen-bond acceptors (Lipinski definition) is 5. The highest BCUT2D eigenvalue weighted by molar-refractivity contribution is 7.99. The molecule has 7 nitrogen and oxygen atoms in total. The summed E-state index contributed by atoms with van der Waals surface area (Å²) in [5, 5.41) is 12.8. The summed E-state index contributed by atoms with van der Waals surface area (Å²) in [4.78, 5) is 12.5. The van der Waals surface area contributed by atoms with Gasteiger partial charge in [-0.2, -0.15) is 0 Å². The van der Waals surface area contributed by atoms with Crippen LogP contribution in [0.25, 0.3) is 11.4 Å². The molecule has 0 fully saturated rings. The molecule has 0 unspecified atom stereocenters. The van der Waals surface area contributed by atoms with Crippen molar-refractivity contribution in [3.63, 3.8) is 0 Å². The van der Waals surface area contributed by atoms with Crippen molar-refractivity contribution in [1.82, 2.24) is 19.5 Å². The number of nitrogens with zero attached hydrogens (tertiary/aromatic N) is 4. The number of anilines is 1. The number of hydrogen-bond donors (Lipinski definition) is 1. The molecule has 31 heavy (non-hydrogen) atoms. The number of carbonyl (C=O) groups is 1. The zero-order valence-electron chi connectivity index (χ0n) is 16.3. The Kier molecular flexibility index (Phi) is 6.50. The summed E-state index contributed by atoms with van der Waals surface area (Å²) >= 11 is 13.2. The van der Waals surface area contributed by atoms with Gasteiger partial charge in [-0.3, -0.25) is 9.47 Å². The van der Waals surface area contributed by atoms with Gasteiger partial charge in [0.15, 0.2) is 5.82 Å². The fourth-order valence-corrected chi connectivity index (χ4v) is 3.95. The van der Waals surface area contributed by atoms with Crippen LogP contribution in [0.1, 0.15) is 0 Å². The van der Waals surface area contributed by atoms with E-state index >= 15 is 0 Å². The van der Waals surface area contributed by atoms with Crippen molar-refractivity contribution < 1.29 is 9.53 Å². The highest BCUT2D eigenvalue weighted by Gasteiger charge is 2.19. The normalized spacial score (nSPS) is 10.8. The number of nitrogens with one attached hydrogen (secondary N) is 1. The average molecular weight is 474 g/mol. The molecule has 2 heterocycles. The number of carbonyl (C=O) groups excluding carboxylic acids is 1. The van der Waals surface area contributed by atoms with Crippen LogP contribution < -0.4 is 10.1 Å². The standard InChI is InChI=1S/C21H17Cl2N5O2S/c1-30-18-7-3-2-6-15(18)20-25-26-21(28(20)27-10-4-5-11-27)31-13-19(29)24-14-8-9-16(22)17(23)12-14/h2-12H,13H2,1H3,(H,24,29). The first-order chi connectivity index (χ1) is 15.1. The number of halogens is 2. The number of para-hydroxylation sites is 1. The molecule has 0 atom stereocenters. The van der Waals surface area contributed by atoms with E-state index in [1.165, 1.54) is 11.8 Å². The van der Waals surface area contributed by atoms with Crippen LogP contribution in [-0.2, 0) is 4.79 Å². The molecule has 2 aromatic heterocycles. The second-order valence-corrected chi connectivity index (χ2v) is 8.10. The summed E-state index contributed by atoms with van der Waals surface area (Å²) in [7, 11) is 1.61. The van der Waals surface area contributed by atoms with Crippen molar-refractivity contribution in [2.75, 3.05) is 18.2 Å². The Morgan fingerprint density at radius 1 is 1.06 bits per heavy atom. The number of aromatic nitrogens is 4. The fourth-order valence-electron chi connectivity index (χ4n) is 2.92. The minimum atomic E-state index is -0.204. The van der Waals surface area contributed by atoms with Crippen LogP contribution in [0.5, 0.6) is 5.75 Å². The Bertz CT molecular complexity index is 1210. The van der Waals surface area contributed by atoms with Gasteiger partial charge in [0.2, 0.25) is 11.1 Å². The van der Waals surface area contributed by atoms with E-state index in [9.17, 15) is 4.79 Å². The Hall–Kier alpha value is -2.94. The smallest absolute Gasteiger partial charge is 0.234 e. The number of benzene rings is 2. The van der Waals surface area contributed by atoms with E-state index in [2.05, 4.69) is 15.5 Å². The maximum absolute atomic E-state index is 12.5. The molecule has 158 valence electrons. The maximum Gasteiger partial charge on any atom is 0.234 e. The molecule has 2 aromatic carbocycles. The molecular weight excluding hydrogens is 457 g/mol. The average Bonchev–Trinajstić information content (AvgIpc) is 3.44. The van der Waals surface area contributed by atoms with E-state index in [-0.39, 0.29) is 11.7 Å². The van der Waals surface area contributed by atoms with Gasteiger partial charge in [0.05, 0.1) is 28.5 Å². The monoisotopic (exact) mass is 473 g/mol. The van der Waals surface area contributed by atoms with Gasteiger partial charge in [0, 0.05) is 18.1 Å². The predicted molar refractivity (Wildman–Crippen MR) is 123 cm³/mol. The number of rotatable bonds is 7. The van der Waals surface area contributed by atoms with Crippen molar-refractivity contribution in [3.8, 4) is 17.1 Å². The van der Waals surface area contributed by atoms with Crippen LogP contribution in [-0.4, -0.2) is 38.3 Å². The van der Waals surface area contributed by atoms with Crippen LogP contribution in [0.2, 0.25) is 10.0 Å². The first-order valence-corrected chi connectivity index (χ1v) is 10.9. The van der Waals surface area contributed by atoms with Gasteiger partial charge in [-0.15, -0.1) is 10.2 Å². The van der Waals surface area contributed by atoms with Crippen LogP contribution in [0.4, 0.5) is 5.69 Å². The molecule has 4 rings (SSSR count). The van der Waals surface area contributed by atoms with E-state index in [0.717, 1.165) is 5.56 Å². The van der Waals surface area contributed by atoms with Crippen molar-refractivity contribution in [2.24, 2.45) is 0 Å². The molecule has 10 heteroatoms. The summed E-state index contributed by atoms with van der Waals surface area (Å²) in [5.74, 6) is 1.20. The quantitative estimate of drug-likeness (QED) is 0.377. The summed E-state index contributed by atoms with van der Waals surface area (Å²) < 4.78 is 9.16. The van der Waals surface area contributed by atoms with Gasteiger partial charge < -0.3 is 10.1 Å². The number of methoxy groups -OCH3 is 1. The van der Waals surface area contributed by atoms with Crippen molar-refractivity contribution in [1.29, 1.82) is 0 Å². The zero-order chi connectivity index (χ0) is 21.8. The third-order valence-corrected chi connectivity index (χ3v) is 5.97. The molecule has 1 amide bonds. The van der Waals surface area contributed by atoms with Gasteiger partial charge >= 0.3 is 0 Å². The minimum absolute atomic E-state index is 0.131. The second kappa shape index (κ2) is 9.47. The second-order valence-electron chi connectivity index (χ2n) is 6.35. The van der Waals surface area contributed by atoms with Gasteiger partial charge in [-0.05, 0) is 42.5 Å². The summed E-state index contributed by atoms with van der Waals surface area (Å²) in [6, 6.07) is 16.3. The highest BCUT2D eigenvalue weighted by Crippen LogP contribution is 2.31. The van der Waals surface area contributed by atoms with Gasteiger partial charge in [-0.25, -0.2) is 4.68 Å². The van der Waals surface area contributed by atoms with Crippen molar-refractivity contribution in [3.05, 3.63) is 77.0 Å². The highest BCUT2D eigenvalue weighted by atomic mass is 35.5. The lowest BCUT2D eigenvalue weighted by Crippen LogP contribution is -2.16. The Morgan fingerprint density at radius 3 is 2.58 bits per heavy atom. The number of amides is 1. The van der Waals surface area contributed by atoms with Gasteiger partial charge in [-0.1, -0.05) is 47.1 Å². The zero-order valence-corrected chi connectivity index (χ0v) is 18.7. The lowest BCUT2D eigenvalue weighted by atomic mass is 10.2. The van der Waals surface area contributed by atoms with Crippen LogP contribution in [0, 0.1) is 0 Å². The summed E-state index contributed by atoms with van der Waals surface area (Å²) in [5.41, 5.74) is 1.36. The molecule has 0 aliphatic rings. The topological polar surface area (TPSA) is 74.0 Å². The lowest BCUT2D eigenvalue weighted by Gasteiger charge is -2.13. The van der Waals surface area contributed by atoms with E-state index < -0.39 is 0 Å². The molecule has 1 N–H and O–H groups in total. The Morgan fingerprint density at radius 2 is 1.84 bits per heavy atom. The number of ether oxygens (including phenoxy) is 1. The molecule has 0 aliphatic heterocycles. The fraction of sp³-hybridized carbons (Fsp3) is 0.0952. The number of thioether (sulfide) groups is 1. The van der Waals surface area contributed by atoms with E-state index in [1.807, 2.05) is 58.1 Å². The Labute approximate surface area is 192 Å². The lowest BCUT2D eigenvalue weighted by molar-refractivity contribution is -0.113. The molecule has 0 radical (unpaired) electrons. The first kappa shape index (κ1) is 21.3. The largest absolute Gasteiger partial charge is 0.496 e. The summed E-state index contributed by atoms with van der Waals surface area (Å²) in [6.45, 7) is 0.